The van der Waals surface area contributed by atoms with E-state index in [0.29, 0.717) is 18.8 Å². The van der Waals surface area contributed by atoms with E-state index in [1.165, 1.54) is 0 Å². The number of aliphatic hydroxyl groups excluding tert-OH is 1. The van der Waals surface area contributed by atoms with E-state index in [2.05, 4.69) is 5.32 Å². The molecule has 2 aromatic carbocycles. The highest BCUT2D eigenvalue weighted by molar-refractivity contribution is 5.94. The molecule has 2 aromatic rings. The summed E-state index contributed by atoms with van der Waals surface area (Å²) in [6, 6.07) is 14.9. The molecule has 1 aliphatic heterocycles. The molecule has 0 fully saturated rings. The lowest BCUT2D eigenvalue weighted by atomic mass is 10.1. The average Bonchev–Trinajstić information content (AvgIpc) is 3.00. The van der Waals surface area contributed by atoms with Gasteiger partial charge in [-0.25, -0.2) is 0 Å². The molecular formula is C17H17NO3. The lowest BCUT2D eigenvalue weighted by Gasteiger charge is -2.12. The van der Waals surface area contributed by atoms with E-state index < -0.39 is 6.10 Å². The largest absolute Gasteiger partial charge is 0.387 e. The minimum absolute atomic E-state index is 0.181. The molecular weight excluding hydrogens is 266 g/mol. The van der Waals surface area contributed by atoms with Crippen LogP contribution in [0.5, 0.6) is 0 Å². The zero-order valence-electron chi connectivity index (χ0n) is 11.6. The Morgan fingerprint density at radius 3 is 2.71 bits per heavy atom. The molecule has 4 nitrogen and oxygen atoms in total. The van der Waals surface area contributed by atoms with Gasteiger partial charge in [0.25, 0.3) is 5.91 Å². The standard InChI is InChI=1S/C17H17NO3/c19-16(12-4-2-1-3-5-12)9-18-17(20)13-6-7-14-10-21-11-15(14)8-13/h1-8,16,19H,9-11H2,(H,18,20). The molecule has 1 unspecified atom stereocenters. The Kier molecular flexibility index (Phi) is 3.99. The maximum absolute atomic E-state index is 12.1. The summed E-state index contributed by atoms with van der Waals surface area (Å²) >= 11 is 0. The number of amides is 1. The van der Waals surface area contributed by atoms with E-state index in [4.69, 9.17) is 4.74 Å². The Labute approximate surface area is 123 Å². The molecule has 0 saturated heterocycles. The zero-order chi connectivity index (χ0) is 14.7. The SMILES string of the molecule is O=C(NCC(O)c1ccccc1)c1ccc2c(c1)COC2. The van der Waals surface area contributed by atoms with Crippen molar-refractivity contribution in [3.63, 3.8) is 0 Å². The molecule has 21 heavy (non-hydrogen) atoms. The zero-order valence-corrected chi connectivity index (χ0v) is 11.6. The van der Waals surface area contributed by atoms with Crippen LogP contribution in [0.3, 0.4) is 0 Å². The van der Waals surface area contributed by atoms with Gasteiger partial charge in [0, 0.05) is 12.1 Å². The van der Waals surface area contributed by atoms with E-state index in [1.54, 1.807) is 6.07 Å². The van der Waals surface area contributed by atoms with Crippen LogP contribution in [0.15, 0.2) is 48.5 Å². The fraction of sp³-hybridized carbons (Fsp3) is 0.235. The van der Waals surface area contributed by atoms with Crippen LogP contribution in [0, 0.1) is 0 Å². The first-order valence-corrected chi connectivity index (χ1v) is 6.95. The van der Waals surface area contributed by atoms with Crippen molar-refractivity contribution in [3.05, 3.63) is 70.8 Å². The smallest absolute Gasteiger partial charge is 0.251 e. The number of hydrogen-bond acceptors (Lipinski definition) is 3. The summed E-state index contributed by atoms with van der Waals surface area (Å²) in [6.45, 7) is 1.36. The molecule has 0 aliphatic carbocycles. The molecule has 0 spiro atoms. The van der Waals surface area contributed by atoms with Crippen molar-refractivity contribution in [2.75, 3.05) is 6.54 Å². The summed E-state index contributed by atoms with van der Waals surface area (Å²) in [5.41, 5.74) is 3.58. The molecule has 3 rings (SSSR count). The normalized spacial score (nSPS) is 14.5. The number of carbonyl (C=O) groups is 1. The van der Waals surface area contributed by atoms with Gasteiger partial charge >= 0.3 is 0 Å². The number of carbonyl (C=O) groups excluding carboxylic acids is 1. The average molecular weight is 283 g/mol. The number of hydrogen-bond donors (Lipinski definition) is 2. The molecule has 2 N–H and O–H groups in total. The van der Waals surface area contributed by atoms with Crippen molar-refractivity contribution in [3.8, 4) is 0 Å². The van der Waals surface area contributed by atoms with Crippen LogP contribution in [-0.4, -0.2) is 17.6 Å². The Hall–Kier alpha value is -2.17. The molecule has 0 radical (unpaired) electrons. The van der Waals surface area contributed by atoms with Crippen LogP contribution in [0.2, 0.25) is 0 Å². The summed E-state index contributed by atoms with van der Waals surface area (Å²) in [5, 5.41) is 12.8. The first-order chi connectivity index (χ1) is 10.2. The molecule has 0 saturated carbocycles. The van der Waals surface area contributed by atoms with Crippen LogP contribution in [0.1, 0.15) is 33.2 Å². The van der Waals surface area contributed by atoms with Gasteiger partial charge < -0.3 is 15.2 Å². The van der Waals surface area contributed by atoms with Crippen LogP contribution in [0.25, 0.3) is 0 Å². The monoisotopic (exact) mass is 283 g/mol. The fourth-order valence-corrected chi connectivity index (χ4v) is 2.40. The van der Waals surface area contributed by atoms with Gasteiger partial charge in [0.05, 0.1) is 19.3 Å². The second-order valence-electron chi connectivity index (χ2n) is 5.11. The maximum atomic E-state index is 12.1. The van der Waals surface area contributed by atoms with Crippen molar-refractivity contribution in [1.82, 2.24) is 5.32 Å². The number of fused-ring (bicyclic) bond motifs is 1. The van der Waals surface area contributed by atoms with Gasteiger partial charge in [-0.2, -0.15) is 0 Å². The Balaban J connectivity index is 1.62. The van der Waals surface area contributed by atoms with Gasteiger partial charge in [0.2, 0.25) is 0 Å². The van der Waals surface area contributed by atoms with Gasteiger partial charge in [-0.15, -0.1) is 0 Å². The third-order valence-electron chi connectivity index (χ3n) is 3.62. The number of nitrogens with one attached hydrogen (secondary N) is 1. The molecule has 1 atom stereocenters. The third-order valence-corrected chi connectivity index (χ3v) is 3.62. The first-order valence-electron chi connectivity index (χ1n) is 6.95. The van der Waals surface area contributed by atoms with Crippen molar-refractivity contribution >= 4 is 5.91 Å². The van der Waals surface area contributed by atoms with Gasteiger partial charge in [-0.3, -0.25) is 4.79 Å². The van der Waals surface area contributed by atoms with Crippen molar-refractivity contribution in [1.29, 1.82) is 0 Å². The molecule has 4 heteroatoms. The van der Waals surface area contributed by atoms with Crippen molar-refractivity contribution < 1.29 is 14.6 Å². The Bertz CT molecular complexity index is 640. The molecule has 1 heterocycles. The van der Waals surface area contributed by atoms with E-state index in [9.17, 15) is 9.90 Å². The van der Waals surface area contributed by atoms with Crippen molar-refractivity contribution in [2.24, 2.45) is 0 Å². The third kappa shape index (κ3) is 3.12. The van der Waals surface area contributed by atoms with E-state index in [-0.39, 0.29) is 12.5 Å². The lowest BCUT2D eigenvalue weighted by Crippen LogP contribution is -2.28. The topological polar surface area (TPSA) is 58.6 Å². The number of aliphatic hydroxyl groups is 1. The number of benzene rings is 2. The molecule has 108 valence electrons. The quantitative estimate of drug-likeness (QED) is 0.904. The summed E-state index contributed by atoms with van der Waals surface area (Å²) in [4.78, 5) is 12.1. The van der Waals surface area contributed by atoms with Crippen LogP contribution in [-0.2, 0) is 18.0 Å². The summed E-state index contributed by atoms with van der Waals surface area (Å²) < 4.78 is 5.33. The number of rotatable bonds is 4. The molecule has 0 aromatic heterocycles. The summed E-state index contributed by atoms with van der Waals surface area (Å²) in [6.07, 6.45) is -0.701. The second kappa shape index (κ2) is 6.08. The van der Waals surface area contributed by atoms with E-state index >= 15 is 0 Å². The van der Waals surface area contributed by atoms with Gasteiger partial charge in [-0.1, -0.05) is 36.4 Å². The molecule has 0 bridgehead atoms. The van der Waals surface area contributed by atoms with Crippen LogP contribution < -0.4 is 5.32 Å². The second-order valence-corrected chi connectivity index (χ2v) is 5.11. The predicted octanol–water partition coefficient (Wildman–Crippen LogP) is 2.18. The highest BCUT2D eigenvalue weighted by Gasteiger charge is 2.15. The van der Waals surface area contributed by atoms with Crippen molar-refractivity contribution in [2.45, 2.75) is 19.3 Å². The minimum atomic E-state index is -0.701. The van der Waals surface area contributed by atoms with Crippen LogP contribution >= 0.6 is 0 Å². The molecule has 1 aliphatic rings. The van der Waals surface area contributed by atoms with Gasteiger partial charge in [0.15, 0.2) is 0 Å². The van der Waals surface area contributed by atoms with Crippen LogP contribution in [0.4, 0.5) is 0 Å². The van der Waals surface area contributed by atoms with Gasteiger partial charge in [-0.05, 0) is 28.8 Å². The van der Waals surface area contributed by atoms with E-state index in [0.717, 1.165) is 16.7 Å². The fourth-order valence-electron chi connectivity index (χ4n) is 2.40. The first kappa shape index (κ1) is 13.8. The minimum Gasteiger partial charge on any atom is -0.387 e. The van der Waals surface area contributed by atoms with Gasteiger partial charge in [0.1, 0.15) is 0 Å². The predicted molar refractivity (Wildman–Crippen MR) is 78.7 cm³/mol. The maximum Gasteiger partial charge on any atom is 0.251 e. The Morgan fingerprint density at radius 2 is 1.90 bits per heavy atom. The number of ether oxygens (including phenoxy) is 1. The van der Waals surface area contributed by atoms with E-state index in [1.807, 2.05) is 42.5 Å². The molecule has 1 amide bonds. The summed E-state index contributed by atoms with van der Waals surface area (Å²) in [7, 11) is 0. The highest BCUT2D eigenvalue weighted by Crippen LogP contribution is 2.21. The highest BCUT2D eigenvalue weighted by atomic mass is 16.5. The lowest BCUT2D eigenvalue weighted by molar-refractivity contribution is 0.0916. The summed E-state index contributed by atoms with van der Waals surface area (Å²) in [5.74, 6) is -0.181. The Morgan fingerprint density at radius 1 is 1.14 bits per heavy atom.